The van der Waals surface area contributed by atoms with Gasteiger partial charge in [0.25, 0.3) is 5.91 Å². The van der Waals surface area contributed by atoms with Crippen molar-refractivity contribution in [1.29, 1.82) is 15.8 Å². The van der Waals surface area contributed by atoms with E-state index in [4.69, 9.17) is 15.3 Å². The highest BCUT2D eigenvalue weighted by atomic mass is 19.1. The molecule has 0 unspecified atom stereocenters. The molecule has 0 bridgehead atoms. The number of hydrogen-bond acceptors (Lipinski definition) is 7. The van der Waals surface area contributed by atoms with Crippen molar-refractivity contribution in [2.24, 2.45) is 4.99 Å². The summed E-state index contributed by atoms with van der Waals surface area (Å²) in [6.07, 6.45) is 7.05. The largest absolute Gasteiger partial charge is 0.496 e. The Hall–Kier alpha value is -6.65. The molecular weight excluding hydrogens is 744 g/mol. The fourth-order valence-corrected chi connectivity index (χ4v) is 7.23. The molecule has 58 heavy (non-hydrogen) atoms. The molecule has 2 saturated carbocycles. The lowest BCUT2D eigenvalue weighted by atomic mass is 9.68. The van der Waals surface area contributed by atoms with Gasteiger partial charge in [0.15, 0.2) is 6.19 Å². The van der Waals surface area contributed by atoms with Crippen LogP contribution in [0, 0.1) is 51.6 Å². The molecule has 0 aliphatic heterocycles. The summed E-state index contributed by atoms with van der Waals surface area (Å²) in [7, 11) is 3.14. The minimum Gasteiger partial charge on any atom is -0.496 e. The summed E-state index contributed by atoms with van der Waals surface area (Å²) < 4.78 is 44.9. The lowest BCUT2D eigenvalue weighted by molar-refractivity contribution is -0.120. The van der Waals surface area contributed by atoms with Gasteiger partial charge in [-0.2, -0.15) is 15.8 Å². The van der Waals surface area contributed by atoms with Gasteiger partial charge < -0.3 is 15.4 Å². The van der Waals surface area contributed by atoms with Crippen LogP contribution in [0.3, 0.4) is 0 Å². The zero-order valence-corrected chi connectivity index (χ0v) is 32.5. The number of ether oxygens (including phenoxy) is 1. The highest BCUT2D eigenvalue weighted by molar-refractivity contribution is 5.97. The number of carbonyl (C=O) groups is 2. The molecule has 4 aromatic rings. The predicted octanol–water partition coefficient (Wildman–Crippen LogP) is 7.71. The summed E-state index contributed by atoms with van der Waals surface area (Å²) >= 11 is 0. The second-order valence-electron chi connectivity index (χ2n) is 14.1. The lowest BCUT2D eigenvalue weighted by Crippen LogP contribution is -2.49. The van der Waals surface area contributed by atoms with Gasteiger partial charge in [-0.3, -0.25) is 19.9 Å². The van der Waals surface area contributed by atoms with Crippen molar-refractivity contribution in [3.05, 3.63) is 137 Å². The average Bonchev–Trinajstić information content (AvgIpc) is 3.24. The third-order valence-corrected chi connectivity index (χ3v) is 10.5. The van der Waals surface area contributed by atoms with Crippen molar-refractivity contribution in [3.8, 4) is 24.1 Å². The van der Waals surface area contributed by atoms with E-state index in [-0.39, 0.29) is 41.6 Å². The number of nitriles is 3. The zero-order chi connectivity index (χ0) is 42.0. The molecule has 0 spiro atoms. The summed E-state index contributed by atoms with van der Waals surface area (Å²) in [6, 6.07) is 30.2. The summed E-state index contributed by atoms with van der Waals surface area (Å²) in [4.78, 5) is 28.1. The number of halogens is 3. The van der Waals surface area contributed by atoms with Crippen LogP contribution in [-0.4, -0.2) is 44.4 Å². The molecule has 10 nitrogen and oxygen atoms in total. The number of methoxy groups -OCH3 is 1. The number of hydrogen-bond donors (Lipinski definition) is 3. The van der Waals surface area contributed by atoms with Crippen LogP contribution < -0.4 is 20.7 Å². The van der Waals surface area contributed by atoms with Crippen LogP contribution in [0.5, 0.6) is 5.75 Å². The highest BCUT2D eigenvalue weighted by Gasteiger charge is 2.38. The zero-order valence-electron chi connectivity index (χ0n) is 32.5. The first kappa shape index (κ1) is 44.1. The molecule has 3 N–H and O–H groups in total. The van der Waals surface area contributed by atoms with Crippen molar-refractivity contribution >= 4 is 17.6 Å². The molecule has 13 heteroatoms. The summed E-state index contributed by atoms with van der Waals surface area (Å²) in [6.45, 7) is 0.380. The van der Waals surface area contributed by atoms with Gasteiger partial charge in [0.1, 0.15) is 29.0 Å². The highest BCUT2D eigenvalue weighted by Crippen LogP contribution is 2.40. The van der Waals surface area contributed by atoms with E-state index in [0.717, 1.165) is 36.8 Å². The van der Waals surface area contributed by atoms with Crippen molar-refractivity contribution < 1.29 is 27.5 Å². The molecule has 4 aromatic carbocycles. The Morgan fingerprint density at radius 2 is 1.43 bits per heavy atom. The minimum atomic E-state index is -0.671. The second kappa shape index (κ2) is 21.6. The number of guanidine groups is 1. The first-order chi connectivity index (χ1) is 28.0. The molecule has 1 amide bonds. The third-order valence-electron chi connectivity index (χ3n) is 10.5. The monoisotopic (exact) mass is 789 g/mol. The summed E-state index contributed by atoms with van der Waals surface area (Å²) in [5.41, 5.74) is 1.69. The first-order valence-electron chi connectivity index (χ1n) is 18.9. The third kappa shape index (κ3) is 12.2. The van der Waals surface area contributed by atoms with Crippen molar-refractivity contribution in [1.82, 2.24) is 16.0 Å². The van der Waals surface area contributed by atoms with Crippen LogP contribution in [0.4, 0.5) is 13.2 Å². The Bertz CT molecular complexity index is 2170. The molecule has 0 heterocycles. The number of para-hydroxylation sites is 1. The number of amides is 1. The Kier molecular flexibility index (Phi) is 16.4. The van der Waals surface area contributed by atoms with Crippen LogP contribution >= 0.6 is 0 Å². The number of Topliss-reactive ketones (excluding diaryl/α,β-unsaturated/α-hetero) is 1. The fourth-order valence-electron chi connectivity index (χ4n) is 7.23. The van der Waals surface area contributed by atoms with E-state index in [2.05, 4.69) is 27.0 Å². The maximum Gasteiger partial charge on any atom is 0.255 e. The predicted molar refractivity (Wildman–Crippen MR) is 214 cm³/mol. The topological polar surface area (TPSA) is 163 Å². The van der Waals surface area contributed by atoms with Crippen LogP contribution in [0.1, 0.15) is 78.4 Å². The Balaban J connectivity index is 0.000000234. The molecule has 300 valence electrons. The Labute approximate surface area is 337 Å². The van der Waals surface area contributed by atoms with E-state index < -0.39 is 10.8 Å². The SMILES string of the molecule is CN=C(NC#N)NC1CCC(CNC(=O)c2ccccc2OC)(c2cccc(F)c2)CC1.N#CC1(c2cccc(F)c2)CCC(=O)CC1.N#CCc1cccc(F)c1. The van der Waals surface area contributed by atoms with E-state index in [1.807, 2.05) is 24.4 Å². The standard InChI is InChI=1S/C24H28FN5O2.C13H12FNO.C8H6FN/c1-27-23(29-16-26)30-19-10-12-24(13-11-19,17-6-5-7-18(25)14-17)15-28-22(31)20-8-3-4-9-21(20)32-2;14-11-3-1-2-10(8-11)13(9-15)6-4-12(16)5-7-13;9-8-3-1-2-7(6-8)4-5-10/h3-9,14,19H,10-13,15H2,1-2H3,(H,28,31)(H2,27,29,30);1-3,8H,4-7H2;1-3,6H,4H2. The van der Waals surface area contributed by atoms with Gasteiger partial charge >= 0.3 is 0 Å². The number of rotatable bonds is 8. The number of carbonyl (C=O) groups excluding carboxylic acids is 2. The molecular formula is C45H46F3N7O3. The number of aliphatic imine (C=N–C) groups is 1. The molecule has 2 aliphatic carbocycles. The van der Waals surface area contributed by atoms with Crippen LogP contribution in [0.25, 0.3) is 0 Å². The van der Waals surface area contributed by atoms with Crippen LogP contribution in [-0.2, 0) is 22.0 Å². The number of ketones is 1. The van der Waals surface area contributed by atoms with Gasteiger partial charge in [0, 0.05) is 37.9 Å². The van der Waals surface area contributed by atoms with Crippen molar-refractivity contribution in [3.63, 3.8) is 0 Å². The van der Waals surface area contributed by atoms with Gasteiger partial charge in [0.2, 0.25) is 5.96 Å². The fraction of sp³-hybridized carbons (Fsp3) is 0.333. The molecule has 0 atom stereocenters. The summed E-state index contributed by atoms with van der Waals surface area (Å²) in [5.74, 6) is 0.00211. The van der Waals surface area contributed by atoms with Gasteiger partial charge in [0.05, 0.1) is 36.6 Å². The normalized spacial score (nSPS) is 18.2. The lowest BCUT2D eigenvalue weighted by Gasteiger charge is -2.41. The van der Waals surface area contributed by atoms with Crippen LogP contribution in [0.2, 0.25) is 0 Å². The average molecular weight is 790 g/mol. The molecule has 2 fully saturated rings. The number of nitrogens with zero attached hydrogens (tertiary/aromatic N) is 4. The Morgan fingerprint density at radius 1 is 0.828 bits per heavy atom. The van der Waals surface area contributed by atoms with E-state index in [1.165, 1.54) is 37.4 Å². The molecule has 2 aliphatic rings. The van der Waals surface area contributed by atoms with Gasteiger partial charge in [-0.25, -0.2) is 13.2 Å². The quantitative estimate of drug-likeness (QED) is 0.0708. The summed E-state index contributed by atoms with van der Waals surface area (Å²) in [5, 5.41) is 35.2. The maximum atomic E-state index is 14.1. The maximum absolute atomic E-state index is 14.1. The number of benzene rings is 4. The van der Waals surface area contributed by atoms with E-state index >= 15 is 0 Å². The van der Waals surface area contributed by atoms with Crippen molar-refractivity contribution in [2.75, 3.05) is 20.7 Å². The van der Waals surface area contributed by atoms with E-state index in [0.29, 0.717) is 55.1 Å². The molecule has 0 aromatic heterocycles. The number of nitrogens with one attached hydrogen (secondary N) is 3. The molecule has 0 radical (unpaired) electrons. The van der Waals surface area contributed by atoms with Gasteiger partial charge in [-0.15, -0.1) is 0 Å². The minimum absolute atomic E-state index is 0.126. The first-order valence-corrected chi connectivity index (χ1v) is 18.9. The van der Waals surface area contributed by atoms with E-state index in [9.17, 15) is 28.0 Å². The van der Waals surface area contributed by atoms with Gasteiger partial charge in [-0.1, -0.05) is 48.5 Å². The smallest absolute Gasteiger partial charge is 0.255 e. The van der Waals surface area contributed by atoms with Crippen molar-refractivity contribution in [2.45, 2.75) is 74.7 Å². The molecule has 0 saturated heterocycles. The van der Waals surface area contributed by atoms with E-state index in [1.54, 1.807) is 61.6 Å². The Morgan fingerprint density at radius 3 is 2.00 bits per heavy atom. The second-order valence-corrected chi connectivity index (χ2v) is 14.1. The van der Waals surface area contributed by atoms with Crippen LogP contribution in [0.15, 0.2) is 102 Å². The molecule has 6 rings (SSSR count). The van der Waals surface area contributed by atoms with Gasteiger partial charge in [-0.05, 0) is 104 Å².